The Balaban J connectivity index is 1.86. The van der Waals surface area contributed by atoms with Crippen LogP contribution in [0.3, 0.4) is 0 Å². The lowest BCUT2D eigenvalue weighted by Crippen LogP contribution is -2.44. The van der Waals surface area contributed by atoms with E-state index < -0.39 is 19.7 Å². The second-order valence-corrected chi connectivity index (χ2v) is 12.6. The number of likely N-dealkylation sites (N-methyl/N-ethyl adjacent to an activating group) is 1. The van der Waals surface area contributed by atoms with Crippen LogP contribution in [0.2, 0.25) is 5.02 Å². The minimum atomic E-state index is -4.05. The van der Waals surface area contributed by atoms with Crippen LogP contribution >= 0.6 is 22.9 Å². The van der Waals surface area contributed by atoms with Crippen LogP contribution in [0.25, 0.3) is 0 Å². The first-order valence-corrected chi connectivity index (χ1v) is 13.6. The van der Waals surface area contributed by atoms with Crippen LogP contribution < -0.4 is 4.90 Å². The van der Waals surface area contributed by atoms with Gasteiger partial charge in [0.25, 0.3) is 0 Å². The minimum absolute atomic E-state index is 0.0150. The smallest absolute Gasteiger partial charge is 0.233 e. The molecule has 0 amide bonds. The van der Waals surface area contributed by atoms with Crippen LogP contribution in [0.5, 0.6) is 0 Å². The molecule has 1 aliphatic rings. The Kier molecular flexibility index (Phi) is 6.10. The summed E-state index contributed by atoms with van der Waals surface area (Å²) in [6, 6.07) is 13.7. The SMILES string of the molecule is CN1CCN(c2sc(S(=O)(=O)c3ccccc3)nc2S(=O)(=O)c2ccc(Cl)cc2)CC1. The van der Waals surface area contributed by atoms with Gasteiger partial charge < -0.3 is 9.80 Å². The molecule has 1 aliphatic heterocycles. The number of nitrogens with zero attached hydrogens (tertiary/aromatic N) is 3. The Hall–Kier alpha value is -1.98. The van der Waals surface area contributed by atoms with Gasteiger partial charge in [-0.2, -0.15) is 0 Å². The summed E-state index contributed by atoms with van der Waals surface area (Å²) < 4.78 is 52.9. The molecule has 2 heterocycles. The van der Waals surface area contributed by atoms with Gasteiger partial charge in [0.2, 0.25) is 24.0 Å². The average Bonchev–Trinajstić information content (AvgIpc) is 3.22. The summed E-state index contributed by atoms with van der Waals surface area (Å²) in [6.45, 7) is 2.62. The van der Waals surface area contributed by atoms with Crippen molar-refractivity contribution in [3.05, 3.63) is 59.6 Å². The highest BCUT2D eigenvalue weighted by molar-refractivity contribution is 7.94. The standard InChI is InChI=1S/C20H20ClN3O4S3/c1-23-11-13-24(14-12-23)19-18(30(25,26)17-9-7-15(21)8-10-17)22-20(29-19)31(27,28)16-5-3-2-4-6-16/h2-10H,11-14H2,1H3. The van der Waals surface area contributed by atoms with Crippen LogP contribution in [0.15, 0.2) is 73.8 Å². The molecule has 0 saturated carbocycles. The molecule has 0 aliphatic carbocycles. The summed E-state index contributed by atoms with van der Waals surface area (Å²) in [5.74, 6) is 0. The minimum Gasteiger partial charge on any atom is -0.358 e. The van der Waals surface area contributed by atoms with E-state index in [9.17, 15) is 16.8 Å². The molecule has 31 heavy (non-hydrogen) atoms. The van der Waals surface area contributed by atoms with Crippen molar-refractivity contribution in [2.75, 3.05) is 38.1 Å². The van der Waals surface area contributed by atoms with Gasteiger partial charge in [-0.3, -0.25) is 0 Å². The molecule has 4 rings (SSSR count). The highest BCUT2D eigenvalue weighted by Gasteiger charge is 2.34. The largest absolute Gasteiger partial charge is 0.358 e. The highest BCUT2D eigenvalue weighted by Crippen LogP contribution is 2.39. The number of piperazine rings is 1. The van der Waals surface area contributed by atoms with Crippen molar-refractivity contribution in [1.82, 2.24) is 9.88 Å². The number of anilines is 1. The number of sulfone groups is 2. The Bertz CT molecular complexity index is 1280. The lowest BCUT2D eigenvalue weighted by molar-refractivity contribution is 0.313. The summed E-state index contributed by atoms with van der Waals surface area (Å²) in [6.07, 6.45) is 0. The van der Waals surface area contributed by atoms with Gasteiger partial charge in [0, 0.05) is 31.2 Å². The lowest BCUT2D eigenvalue weighted by Gasteiger charge is -2.33. The summed E-state index contributed by atoms with van der Waals surface area (Å²) in [5, 5.41) is 0.514. The Morgan fingerprint density at radius 1 is 0.839 bits per heavy atom. The third kappa shape index (κ3) is 4.35. The van der Waals surface area contributed by atoms with Crippen LogP contribution in [-0.4, -0.2) is 59.9 Å². The van der Waals surface area contributed by atoms with E-state index in [0.29, 0.717) is 23.1 Å². The van der Waals surface area contributed by atoms with Gasteiger partial charge in [0.05, 0.1) is 9.79 Å². The molecule has 1 saturated heterocycles. The van der Waals surface area contributed by atoms with Crippen molar-refractivity contribution >= 4 is 47.6 Å². The summed E-state index contributed by atoms with van der Waals surface area (Å²) >= 11 is 6.80. The number of aromatic nitrogens is 1. The number of thiazole rings is 1. The van der Waals surface area contributed by atoms with Crippen LogP contribution in [0.4, 0.5) is 5.00 Å². The van der Waals surface area contributed by atoms with E-state index in [1.165, 1.54) is 36.4 Å². The fourth-order valence-electron chi connectivity index (χ4n) is 3.21. The second kappa shape index (κ2) is 8.51. The molecule has 0 N–H and O–H groups in total. The first-order valence-electron chi connectivity index (χ1n) is 9.45. The van der Waals surface area contributed by atoms with Gasteiger partial charge in [-0.05, 0) is 43.4 Å². The molecule has 1 aromatic heterocycles. The average molecular weight is 498 g/mol. The number of rotatable bonds is 5. The monoisotopic (exact) mass is 497 g/mol. The highest BCUT2D eigenvalue weighted by atomic mass is 35.5. The van der Waals surface area contributed by atoms with Gasteiger partial charge in [-0.1, -0.05) is 41.1 Å². The van der Waals surface area contributed by atoms with Crippen molar-refractivity contribution in [2.24, 2.45) is 0 Å². The zero-order valence-corrected chi connectivity index (χ0v) is 19.8. The molecule has 0 atom stereocenters. The van der Waals surface area contributed by atoms with E-state index in [1.807, 2.05) is 11.9 Å². The van der Waals surface area contributed by atoms with E-state index in [0.717, 1.165) is 24.4 Å². The second-order valence-electron chi connectivity index (χ2n) is 7.15. The van der Waals surface area contributed by atoms with E-state index in [-0.39, 0.29) is 19.2 Å². The number of hydrogen-bond acceptors (Lipinski definition) is 8. The van der Waals surface area contributed by atoms with E-state index in [4.69, 9.17) is 11.6 Å². The van der Waals surface area contributed by atoms with Gasteiger partial charge in [-0.25, -0.2) is 21.8 Å². The zero-order chi connectivity index (χ0) is 22.2. The van der Waals surface area contributed by atoms with Crippen molar-refractivity contribution in [2.45, 2.75) is 19.2 Å². The molecular formula is C20H20ClN3O4S3. The molecule has 1 fully saturated rings. The van der Waals surface area contributed by atoms with Crippen LogP contribution in [0.1, 0.15) is 0 Å². The third-order valence-electron chi connectivity index (χ3n) is 5.01. The fraction of sp³-hybridized carbons (Fsp3) is 0.250. The van der Waals surface area contributed by atoms with Crippen LogP contribution in [-0.2, 0) is 19.7 Å². The zero-order valence-electron chi connectivity index (χ0n) is 16.6. The molecule has 0 spiro atoms. The first kappa shape index (κ1) is 22.2. The molecule has 0 unspecified atom stereocenters. The fourth-order valence-corrected chi connectivity index (χ4v) is 7.83. The van der Waals surface area contributed by atoms with E-state index >= 15 is 0 Å². The van der Waals surface area contributed by atoms with Crippen molar-refractivity contribution < 1.29 is 16.8 Å². The van der Waals surface area contributed by atoms with Crippen molar-refractivity contribution in [3.63, 3.8) is 0 Å². The molecule has 3 aromatic rings. The quantitative estimate of drug-likeness (QED) is 0.534. The third-order valence-corrected chi connectivity index (χ3v) is 10.3. The number of halogens is 1. The van der Waals surface area contributed by atoms with E-state index in [2.05, 4.69) is 9.88 Å². The maximum atomic E-state index is 13.4. The van der Waals surface area contributed by atoms with Gasteiger partial charge in [0.15, 0.2) is 5.03 Å². The number of hydrogen-bond donors (Lipinski definition) is 0. The molecule has 11 heteroatoms. The Labute approximate surface area is 190 Å². The summed E-state index contributed by atoms with van der Waals surface area (Å²) in [7, 11) is -6.02. The van der Waals surface area contributed by atoms with Gasteiger partial charge >= 0.3 is 0 Å². The Morgan fingerprint density at radius 3 is 2.03 bits per heavy atom. The van der Waals surface area contributed by atoms with Crippen LogP contribution in [0, 0.1) is 0 Å². The molecule has 0 radical (unpaired) electrons. The molecule has 2 aromatic carbocycles. The molecule has 0 bridgehead atoms. The normalized spacial score (nSPS) is 15.9. The van der Waals surface area contributed by atoms with Gasteiger partial charge in [0.1, 0.15) is 5.00 Å². The van der Waals surface area contributed by atoms with Crippen molar-refractivity contribution in [1.29, 1.82) is 0 Å². The predicted octanol–water partition coefficient (Wildman–Crippen LogP) is 3.21. The predicted molar refractivity (Wildman–Crippen MR) is 121 cm³/mol. The Morgan fingerprint density at radius 2 is 1.42 bits per heavy atom. The number of benzene rings is 2. The lowest BCUT2D eigenvalue weighted by atomic mass is 10.3. The molecule has 7 nitrogen and oxygen atoms in total. The summed E-state index contributed by atoms with van der Waals surface area (Å²) in [4.78, 5) is 8.29. The van der Waals surface area contributed by atoms with Crippen molar-refractivity contribution in [3.8, 4) is 0 Å². The van der Waals surface area contributed by atoms with E-state index in [1.54, 1.807) is 18.2 Å². The molecule has 164 valence electrons. The maximum absolute atomic E-state index is 13.4. The summed E-state index contributed by atoms with van der Waals surface area (Å²) in [5.41, 5.74) is 0. The topological polar surface area (TPSA) is 87.7 Å². The first-order chi connectivity index (χ1) is 14.7. The molecular weight excluding hydrogens is 478 g/mol. The maximum Gasteiger partial charge on any atom is 0.233 e. The van der Waals surface area contributed by atoms with Gasteiger partial charge in [-0.15, -0.1) is 0 Å².